The van der Waals surface area contributed by atoms with Crippen molar-refractivity contribution < 1.29 is 4.74 Å². The van der Waals surface area contributed by atoms with Gasteiger partial charge in [0, 0.05) is 5.69 Å². The monoisotopic (exact) mass is 372 g/mol. The second-order valence-corrected chi connectivity index (χ2v) is 5.92. The average Bonchev–Trinajstić information content (AvgIpc) is 2.71. The van der Waals surface area contributed by atoms with E-state index in [9.17, 15) is 5.26 Å². The standard InChI is InChI=1S/C21H20N6O/c1-2-12-28-18-10-8-15(9-11-18)13-16(14-22)19-25-20(23)27-21(26-19)24-17-6-4-3-5-7-17/h3-11,13H,2,12H2,1H3,(H3,23,24,25,26,27)/b16-13+. The van der Waals surface area contributed by atoms with E-state index in [0.717, 1.165) is 23.4 Å². The van der Waals surface area contributed by atoms with E-state index in [1.165, 1.54) is 0 Å². The van der Waals surface area contributed by atoms with Gasteiger partial charge in [-0.3, -0.25) is 0 Å². The quantitative estimate of drug-likeness (QED) is 0.602. The van der Waals surface area contributed by atoms with Crippen LogP contribution in [-0.4, -0.2) is 21.6 Å². The number of nitrogen functional groups attached to an aromatic ring is 1. The maximum Gasteiger partial charge on any atom is 0.232 e. The molecule has 7 nitrogen and oxygen atoms in total. The Morgan fingerprint density at radius 1 is 1.11 bits per heavy atom. The van der Waals surface area contributed by atoms with Crippen LogP contribution in [0.2, 0.25) is 0 Å². The van der Waals surface area contributed by atoms with Crippen LogP contribution in [0.15, 0.2) is 54.6 Å². The smallest absolute Gasteiger partial charge is 0.232 e. The van der Waals surface area contributed by atoms with Crippen molar-refractivity contribution in [1.82, 2.24) is 15.0 Å². The maximum atomic E-state index is 9.58. The molecular formula is C21H20N6O. The van der Waals surface area contributed by atoms with Gasteiger partial charge in [0.25, 0.3) is 0 Å². The number of anilines is 3. The lowest BCUT2D eigenvalue weighted by molar-refractivity contribution is 0.317. The number of allylic oxidation sites excluding steroid dienone is 1. The summed E-state index contributed by atoms with van der Waals surface area (Å²) >= 11 is 0. The SMILES string of the molecule is CCCOc1ccc(/C=C(\C#N)c2nc(N)nc(Nc3ccccc3)n2)cc1. The number of hydrogen-bond donors (Lipinski definition) is 2. The molecule has 1 heterocycles. The first-order valence-corrected chi connectivity index (χ1v) is 8.86. The van der Waals surface area contributed by atoms with E-state index in [2.05, 4.69) is 33.3 Å². The Hall–Kier alpha value is -3.92. The zero-order chi connectivity index (χ0) is 19.8. The molecule has 2 aromatic carbocycles. The molecule has 3 rings (SSSR count). The minimum Gasteiger partial charge on any atom is -0.494 e. The maximum absolute atomic E-state index is 9.58. The number of ether oxygens (including phenoxy) is 1. The molecule has 0 radical (unpaired) electrons. The lowest BCUT2D eigenvalue weighted by Gasteiger charge is -2.07. The predicted molar refractivity (Wildman–Crippen MR) is 110 cm³/mol. The minimum absolute atomic E-state index is 0.0351. The summed E-state index contributed by atoms with van der Waals surface area (Å²) in [6, 6.07) is 19.0. The van der Waals surface area contributed by atoms with Gasteiger partial charge in [0.2, 0.25) is 11.9 Å². The summed E-state index contributed by atoms with van der Waals surface area (Å²) in [5.74, 6) is 1.31. The molecule has 0 spiro atoms. The molecule has 0 bridgehead atoms. The Kier molecular flexibility index (Phi) is 6.16. The van der Waals surface area contributed by atoms with Gasteiger partial charge in [-0.1, -0.05) is 37.3 Å². The van der Waals surface area contributed by atoms with Crippen LogP contribution >= 0.6 is 0 Å². The van der Waals surface area contributed by atoms with E-state index in [1.807, 2.05) is 54.6 Å². The van der Waals surface area contributed by atoms with Gasteiger partial charge in [-0.2, -0.15) is 20.2 Å². The summed E-state index contributed by atoms with van der Waals surface area (Å²) in [7, 11) is 0. The molecule has 0 aliphatic carbocycles. The summed E-state index contributed by atoms with van der Waals surface area (Å²) < 4.78 is 5.57. The van der Waals surface area contributed by atoms with Gasteiger partial charge in [-0.25, -0.2) is 0 Å². The molecule has 0 saturated carbocycles. The van der Waals surface area contributed by atoms with Crippen LogP contribution in [0.25, 0.3) is 11.6 Å². The highest BCUT2D eigenvalue weighted by Crippen LogP contribution is 2.20. The van der Waals surface area contributed by atoms with Crippen LogP contribution in [0.4, 0.5) is 17.6 Å². The second kappa shape index (κ2) is 9.14. The number of hydrogen-bond acceptors (Lipinski definition) is 7. The van der Waals surface area contributed by atoms with Gasteiger partial charge in [-0.15, -0.1) is 0 Å². The summed E-state index contributed by atoms with van der Waals surface area (Å²) in [4.78, 5) is 12.5. The highest BCUT2D eigenvalue weighted by molar-refractivity contribution is 5.87. The van der Waals surface area contributed by atoms with Crippen LogP contribution in [0, 0.1) is 11.3 Å². The first-order chi connectivity index (χ1) is 13.7. The van der Waals surface area contributed by atoms with Gasteiger partial charge in [0.15, 0.2) is 5.82 Å². The second-order valence-electron chi connectivity index (χ2n) is 5.92. The number of nitrogens with zero attached hydrogens (tertiary/aromatic N) is 4. The summed E-state index contributed by atoms with van der Waals surface area (Å²) in [6.45, 7) is 2.72. The molecule has 0 atom stereocenters. The van der Waals surface area contributed by atoms with Crippen molar-refractivity contribution in [2.75, 3.05) is 17.7 Å². The molecule has 0 fully saturated rings. The topological polar surface area (TPSA) is 110 Å². The lowest BCUT2D eigenvalue weighted by Crippen LogP contribution is -2.06. The molecule has 0 amide bonds. The fourth-order valence-electron chi connectivity index (χ4n) is 2.41. The van der Waals surface area contributed by atoms with E-state index in [1.54, 1.807) is 6.08 Å². The van der Waals surface area contributed by atoms with E-state index in [-0.39, 0.29) is 23.3 Å². The highest BCUT2D eigenvalue weighted by atomic mass is 16.5. The Morgan fingerprint density at radius 3 is 2.54 bits per heavy atom. The number of rotatable bonds is 7. The van der Waals surface area contributed by atoms with E-state index >= 15 is 0 Å². The Morgan fingerprint density at radius 2 is 1.86 bits per heavy atom. The highest BCUT2D eigenvalue weighted by Gasteiger charge is 2.10. The van der Waals surface area contributed by atoms with Crippen LogP contribution in [0.3, 0.4) is 0 Å². The number of nitriles is 1. The van der Waals surface area contributed by atoms with Crippen LogP contribution in [0.1, 0.15) is 24.7 Å². The van der Waals surface area contributed by atoms with Crippen molar-refractivity contribution in [3.05, 3.63) is 66.0 Å². The van der Waals surface area contributed by atoms with Crippen LogP contribution in [-0.2, 0) is 0 Å². The number of para-hydroxylation sites is 1. The molecule has 140 valence electrons. The molecule has 7 heteroatoms. The number of nitrogens with two attached hydrogens (primary N) is 1. The summed E-state index contributed by atoms with van der Waals surface area (Å²) in [6.07, 6.45) is 2.64. The largest absolute Gasteiger partial charge is 0.494 e. The Balaban J connectivity index is 1.85. The van der Waals surface area contributed by atoms with E-state index in [0.29, 0.717) is 6.61 Å². The van der Waals surface area contributed by atoms with Crippen molar-refractivity contribution in [2.45, 2.75) is 13.3 Å². The molecule has 1 aromatic heterocycles. The van der Waals surface area contributed by atoms with Gasteiger partial charge in [0.05, 0.1) is 12.2 Å². The van der Waals surface area contributed by atoms with E-state index in [4.69, 9.17) is 10.5 Å². The van der Waals surface area contributed by atoms with Crippen molar-refractivity contribution in [3.63, 3.8) is 0 Å². The van der Waals surface area contributed by atoms with Crippen molar-refractivity contribution in [3.8, 4) is 11.8 Å². The molecule has 0 aliphatic heterocycles. The number of nitrogens with one attached hydrogen (secondary N) is 1. The molecule has 3 aromatic rings. The molecule has 0 aliphatic rings. The first-order valence-electron chi connectivity index (χ1n) is 8.86. The normalized spacial score (nSPS) is 10.9. The van der Waals surface area contributed by atoms with Gasteiger partial charge in [0.1, 0.15) is 11.8 Å². The van der Waals surface area contributed by atoms with Gasteiger partial charge >= 0.3 is 0 Å². The number of benzene rings is 2. The lowest BCUT2D eigenvalue weighted by atomic mass is 10.1. The molecular weight excluding hydrogens is 352 g/mol. The molecule has 3 N–H and O–H groups in total. The first kappa shape index (κ1) is 18.9. The van der Waals surface area contributed by atoms with E-state index < -0.39 is 0 Å². The van der Waals surface area contributed by atoms with Crippen molar-refractivity contribution >= 4 is 29.2 Å². The average molecular weight is 372 g/mol. The van der Waals surface area contributed by atoms with Gasteiger partial charge < -0.3 is 15.8 Å². The Labute approximate surface area is 163 Å². The zero-order valence-corrected chi connectivity index (χ0v) is 15.5. The molecule has 0 unspecified atom stereocenters. The fourth-order valence-corrected chi connectivity index (χ4v) is 2.41. The summed E-state index contributed by atoms with van der Waals surface area (Å²) in [5, 5.41) is 12.6. The molecule has 28 heavy (non-hydrogen) atoms. The summed E-state index contributed by atoms with van der Waals surface area (Å²) in [5.41, 5.74) is 7.73. The van der Waals surface area contributed by atoms with Crippen LogP contribution in [0.5, 0.6) is 5.75 Å². The van der Waals surface area contributed by atoms with Crippen LogP contribution < -0.4 is 15.8 Å². The fraction of sp³-hybridized carbons (Fsp3) is 0.143. The Bertz CT molecular complexity index is 994. The third-order valence-electron chi connectivity index (χ3n) is 3.71. The number of aromatic nitrogens is 3. The third kappa shape index (κ3) is 5.05. The van der Waals surface area contributed by atoms with Gasteiger partial charge in [-0.05, 0) is 42.3 Å². The zero-order valence-electron chi connectivity index (χ0n) is 15.5. The minimum atomic E-state index is 0.0351. The molecule has 0 saturated heterocycles. The predicted octanol–water partition coefficient (Wildman–Crippen LogP) is 4.05. The van der Waals surface area contributed by atoms with Crippen molar-refractivity contribution in [1.29, 1.82) is 5.26 Å². The third-order valence-corrected chi connectivity index (χ3v) is 3.71. The van der Waals surface area contributed by atoms with Crippen molar-refractivity contribution in [2.24, 2.45) is 0 Å².